The van der Waals surface area contributed by atoms with Gasteiger partial charge in [0.05, 0.1) is 6.61 Å². The topological polar surface area (TPSA) is 105 Å². The van der Waals surface area contributed by atoms with Crippen molar-refractivity contribution >= 4 is 29.5 Å². The number of rotatable bonds is 23. The Morgan fingerprint density at radius 2 is 1.38 bits per heavy atom. The number of carbonyl (C=O) groups excluding carboxylic acids is 3. The zero-order chi connectivity index (χ0) is 29.9. The summed E-state index contributed by atoms with van der Waals surface area (Å²) in [5.74, 6) is -0.263. The maximum absolute atomic E-state index is 12.3. The van der Waals surface area contributed by atoms with Crippen molar-refractivity contribution < 1.29 is 24.2 Å². The first-order valence-corrected chi connectivity index (χ1v) is 15.8. The van der Waals surface area contributed by atoms with Crippen LogP contribution in [0.1, 0.15) is 78.6 Å². The van der Waals surface area contributed by atoms with Crippen LogP contribution >= 0.6 is 11.8 Å². The SMILES string of the molecule is CCC=CCC=CCC=CCC=CCC=CCCCC(=O)OCC(C)(C)C(O)C(=O)NCCC(=O)NCCSC. The molecular weight excluding hydrogens is 524 g/mol. The summed E-state index contributed by atoms with van der Waals surface area (Å²) in [5, 5.41) is 15.7. The predicted octanol–water partition coefficient (Wildman–Crippen LogP) is 5.82. The molecule has 226 valence electrons. The van der Waals surface area contributed by atoms with Gasteiger partial charge >= 0.3 is 5.97 Å². The summed E-state index contributed by atoms with van der Waals surface area (Å²) < 4.78 is 5.31. The van der Waals surface area contributed by atoms with Gasteiger partial charge in [-0.1, -0.05) is 81.5 Å². The Bertz CT molecular complexity index is 846. The summed E-state index contributed by atoms with van der Waals surface area (Å²) in [6.07, 6.45) is 28.8. The Morgan fingerprint density at radius 1 is 0.825 bits per heavy atom. The largest absolute Gasteiger partial charge is 0.465 e. The van der Waals surface area contributed by atoms with Crippen LogP contribution in [0.25, 0.3) is 0 Å². The fourth-order valence-corrected chi connectivity index (χ4v) is 3.59. The quantitative estimate of drug-likeness (QED) is 0.0804. The molecule has 0 saturated heterocycles. The molecule has 2 amide bonds. The van der Waals surface area contributed by atoms with Crippen LogP contribution < -0.4 is 10.6 Å². The van der Waals surface area contributed by atoms with Crippen LogP contribution in [0.2, 0.25) is 0 Å². The zero-order valence-corrected chi connectivity index (χ0v) is 25.8. The number of nitrogens with one attached hydrogen (secondary N) is 2. The molecule has 3 N–H and O–H groups in total. The van der Waals surface area contributed by atoms with Crippen molar-refractivity contribution in [3.05, 3.63) is 60.8 Å². The van der Waals surface area contributed by atoms with E-state index in [-0.39, 0.29) is 37.9 Å². The van der Waals surface area contributed by atoms with E-state index in [1.807, 2.05) is 6.26 Å². The Kier molecular flexibility index (Phi) is 23.8. The minimum absolute atomic E-state index is 0.0722. The minimum Gasteiger partial charge on any atom is -0.465 e. The lowest BCUT2D eigenvalue weighted by molar-refractivity contribution is -0.153. The highest BCUT2D eigenvalue weighted by atomic mass is 32.2. The molecule has 0 bridgehead atoms. The second kappa shape index (κ2) is 25.4. The molecule has 0 spiro atoms. The number of hydrogen-bond donors (Lipinski definition) is 3. The summed E-state index contributed by atoms with van der Waals surface area (Å²) in [7, 11) is 0. The number of ether oxygens (including phenoxy) is 1. The number of amides is 2. The Balaban J connectivity index is 3.98. The lowest BCUT2D eigenvalue weighted by Gasteiger charge is -2.29. The summed E-state index contributed by atoms with van der Waals surface area (Å²) in [5.41, 5.74) is -0.954. The van der Waals surface area contributed by atoms with E-state index >= 15 is 0 Å². The van der Waals surface area contributed by atoms with Crippen LogP contribution in [0.5, 0.6) is 0 Å². The minimum atomic E-state index is -1.36. The highest BCUT2D eigenvalue weighted by Crippen LogP contribution is 2.22. The van der Waals surface area contributed by atoms with Crippen LogP contribution in [0.15, 0.2) is 60.8 Å². The lowest BCUT2D eigenvalue weighted by atomic mass is 9.87. The van der Waals surface area contributed by atoms with Gasteiger partial charge in [-0.25, -0.2) is 0 Å². The van der Waals surface area contributed by atoms with Gasteiger partial charge in [-0.15, -0.1) is 0 Å². The van der Waals surface area contributed by atoms with E-state index in [0.29, 0.717) is 13.0 Å². The summed E-state index contributed by atoms with van der Waals surface area (Å²) in [4.78, 5) is 36.1. The van der Waals surface area contributed by atoms with Crippen molar-refractivity contribution in [3.8, 4) is 0 Å². The van der Waals surface area contributed by atoms with Crippen LogP contribution in [0.4, 0.5) is 0 Å². The first kappa shape index (κ1) is 37.4. The van der Waals surface area contributed by atoms with Gasteiger partial charge in [-0.3, -0.25) is 14.4 Å². The van der Waals surface area contributed by atoms with Crippen molar-refractivity contribution in [2.45, 2.75) is 84.7 Å². The third-order valence-electron chi connectivity index (χ3n) is 5.78. The molecule has 0 rings (SSSR count). The number of esters is 1. The summed E-state index contributed by atoms with van der Waals surface area (Å²) >= 11 is 1.64. The molecule has 8 heteroatoms. The number of aliphatic hydroxyl groups excluding tert-OH is 1. The Hall–Kier alpha value is -2.58. The van der Waals surface area contributed by atoms with Crippen LogP contribution in [-0.2, 0) is 19.1 Å². The van der Waals surface area contributed by atoms with E-state index in [0.717, 1.165) is 44.3 Å². The molecule has 7 nitrogen and oxygen atoms in total. The van der Waals surface area contributed by atoms with Gasteiger partial charge in [0.2, 0.25) is 11.8 Å². The van der Waals surface area contributed by atoms with Crippen molar-refractivity contribution in [2.24, 2.45) is 5.41 Å². The number of aliphatic hydroxyl groups is 1. The maximum atomic E-state index is 12.3. The number of hydrogen-bond acceptors (Lipinski definition) is 6. The molecule has 0 saturated carbocycles. The number of unbranched alkanes of at least 4 members (excludes halogenated alkanes) is 1. The van der Waals surface area contributed by atoms with Gasteiger partial charge in [0.25, 0.3) is 0 Å². The molecular formula is C32H52N2O5S. The first-order valence-electron chi connectivity index (χ1n) is 14.4. The van der Waals surface area contributed by atoms with E-state index in [4.69, 9.17) is 4.74 Å². The second-order valence-electron chi connectivity index (χ2n) is 10.0. The molecule has 0 aromatic carbocycles. The smallest absolute Gasteiger partial charge is 0.305 e. The van der Waals surface area contributed by atoms with E-state index in [1.165, 1.54) is 0 Å². The van der Waals surface area contributed by atoms with Crippen LogP contribution in [0.3, 0.4) is 0 Å². The molecule has 1 atom stereocenters. The fraction of sp³-hybridized carbons (Fsp3) is 0.594. The second-order valence-corrected chi connectivity index (χ2v) is 11.0. The molecule has 0 fully saturated rings. The number of carbonyl (C=O) groups is 3. The van der Waals surface area contributed by atoms with Crippen molar-refractivity contribution in [2.75, 3.05) is 31.7 Å². The van der Waals surface area contributed by atoms with E-state index < -0.39 is 17.4 Å². The Labute approximate surface area is 246 Å². The first-order chi connectivity index (χ1) is 19.2. The lowest BCUT2D eigenvalue weighted by Crippen LogP contribution is -2.47. The van der Waals surface area contributed by atoms with Crippen LogP contribution in [-0.4, -0.2) is 60.7 Å². The van der Waals surface area contributed by atoms with Gasteiger partial charge in [0.1, 0.15) is 6.10 Å². The van der Waals surface area contributed by atoms with Crippen molar-refractivity contribution in [1.82, 2.24) is 10.6 Å². The molecule has 0 aliphatic heterocycles. The summed E-state index contributed by atoms with van der Waals surface area (Å²) in [6.45, 7) is 6.10. The zero-order valence-electron chi connectivity index (χ0n) is 25.0. The summed E-state index contributed by atoms with van der Waals surface area (Å²) in [6, 6.07) is 0. The van der Waals surface area contributed by atoms with Gasteiger partial charge < -0.3 is 20.5 Å². The normalized spacial score (nSPS) is 13.2. The molecule has 0 aromatic heterocycles. The van der Waals surface area contributed by atoms with Gasteiger partial charge in [0.15, 0.2) is 0 Å². The third-order valence-corrected chi connectivity index (χ3v) is 6.40. The van der Waals surface area contributed by atoms with E-state index in [9.17, 15) is 19.5 Å². The average molecular weight is 577 g/mol. The molecule has 40 heavy (non-hydrogen) atoms. The van der Waals surface area contributed by atoms with E-state index in [1.54, 1.807) is 25.6 Å². The molecule has 1 unspecified atom stereocenters. The third kappa shape index (κ3) is 22.3. The maximum Gasteiger partial charge on any atom is 0.305 e. The standard InChI is InChI=1S/C32H52N2O5S/c1-5-6-7-8-9-10-11-12-13-14-15-16-17-18-19-20-21-22-29(36)39-27-32(2,3)30(37)31(38)34-24-23-28(35)33-25-26-40-4/h6-7,9-10,12-13,15-16,18-19,30,37H,5,8,11,14,17,20-27H2,1-4H3,(H,33,35)(H,34,38). The number of allylic oxidation sites excluding steroid dienone is 10. The average Bonchev–Trinajstić information content (AvgIpc) is 2.93. The van der Waals surface area contributed by atoms with Crippen molar-refractivity contribution in [3.63, 3.8) is 0 Å². The number of thioether (sulfide) groups is 1. The van der Waals surface area contributed by atoms with Crippen LogP contribution in [0, 0.1) is 5.41 Å². The fourth-order valence-electron chi connectivity index (χ4n) is 3.28. The van der Waals surface area contributed by atoms with Gasteiger partial charge in [-0.2, -0.15) is 11.8 Å². The Morgan fingerprint density at radius 3 is 1.93 bits per heavy atom. The van der Waals surface area contributed by atoms with Gasteiger partial charge in [-0.05, 0) is 51.2 Å². The molecule has 0 heterocycles. The monoisotopic (exact) mass is 576 g/mol. The molecule has 0 radical (unpaired) electrons. The molecule has 0 aliphatic carbocycles. The molecule has 0 aliphatic rings. The molecule has 0 aromatic rings. The van der Waals surface area contributed by atoms with Crippen molar-refractivity contribution in [1.29, 1.82) is 0 Å². The van der Waals surface area contributed by atoms with E-state index in [2.05, 4.69) is 78.3 Å². The highest BCUT2D eigenvalue weighted by molar-refractivity contribution is 7.98. The van der Waals surface area contributed by atoms with Gasteiger partial charge in [0, 0.05) is 37.1 Å². The predicted molar refractivity (Wildman–Crippen MR) is 168 cm³/mol. The highest BCUT2D eigenvalue weighted by Gasteiger charge is 2.34.